The molecule has 12 heavy (non-hydrogen) atoms. The first-order valence-electron chi connectivity index (χ1n) is 3.05. The Labute approximate surface area is 69.1 Å². The van der Waals surface area contributed by atoms with Crippen LogP contribution in [0.25, 0.3) is 0 Å². The van der Waals surface area contributed by atoms with Gasteiger partial charge in [0, 0.05) is 7.05 Å². The topological polar surface area (TPSA) is 91.8 Å². The van der Waals surface area contributed by atoms with Gasteiger partial charge in [-0.05, 0) is 0 Å². The van der Waals surface area contributed by atoms with Gasteiger partial charge in [-0.2, -0.15) is 0 Å². The van der Waals surface area contributed by atoms with E-state index in [4.69, 9.17) is 0 Å². The zero-order valence-corrected chi connectivity index (χ0v) is 6.75. The second-order valence-corrected chi connectivity index (χ2v) is 1.61. The van der Waals surface area contributed by atoms with E-state index in [1.807, 2.05) is 10.9 Å². The highest BCUT2D eigenvalue weighted by Crippen LogP contribution is 1.63. The van der Waals surface area contributed by atoms with Crippen LogP contribution in [0.2, 0.25) is 0 Å². The third kappa shape index (κ3) is 5.03. The number of hydrogen-bond donors (Lipinski definition) is 3. The highest BCUT2D eigenvalue weighted by molar-refractivity contribution is 6.26. The van der Waals surface area contributed by atoms with Gasteiger partial charge in [0.15, 0.2) is 0 Å². The molecule has 3 N–H and O–H groups in total. The van der Waals surface area contributed by atoms with Crippen LogP contribution < -0.4 is 16.2 Å². The summed E-state index contributed by atoms with van der Waals surface area (Å²) in [4.78, 5) is 25.3. The summed E-state index contributed by atoms with van der Waals surface area (Å²) in [6.45, 7) is 0. The van der Waals surface area contributed by atoms with Crippen LogP contribution in [0, 0.1) is 0 Å². The summed E-state index contributed by atoms with van der Waals surface area (Å²) < 4.78 is 0. The molecule has 7 heteroatoms. The molecule has 68 valence electrons. The maximum Gasteiger partial charge on any atom is 0.333 e. The molecule has 0 heterocycles. The summed E-state index contributed by atoms with van der Waals surface area (Å²) in [5.41, 5.74) is 4.08. The van der Waals surface area contributed by atoms with Crippen LogP contribution in [0.15, 0.2) is 5.16 Å². The summed E-state index contributed by atoms with van der Waals surface area (Å²) in [5.74, 6) is -0.583. The van der Waals surface area contributed by atoms with E-state index in [0.29, 0.717) is 0 Å². The van der Waals surface area contributed by atoms with Gasteiger partial charge in [-0.15, -0.1) is 0 Å². The Bertz CT molecular complexity index is 191. The summed E-state index contributed by atoms with van der Waals surface area (Å²) in [7, 11) is 2.72. The second kappa shape index (κ2) is 5.96. The molecule has 0 unspecified atom stereocenters. The second-order valence-electron chi connectivity index (χ2n) is 1.61. The molecule has 0 saturated carbocycles. The van der Waals surface area contributed by atoms with Gasteiger partial charge < -0.3 is 10.2 Å². The Morgan fingerprint density at radius 3 is 2.58 bits per heavy atom. The molecule has 0 aromatic carbocycles. The number of nitrogens with zero attached hydrogens (tertiary/aromatic N) is 1. The van der Waals surface area contributed by atoms with E-state index in [2.05, 4.69) is 15.3 Å². The molecule has 0 fully saturated rings. The number of amides is 3. The van der Waals surface area contributed by atoms with E-state index in [-0.39, 0.29) is 0 Å². The van der Waals surface area contributed by atoms with E-state index >= 15 is 0 Å². The monoisotopic (exact) mass is 174 g/mol. The molecule has 0 bridgehead atoms. The van der Waals surface area contributed by atoms with Crippen molar-refractivity contribution >= 4 is 18.2 Å². The average Bonchev–Trinajstić information content (AvgIpc) is 2.10. The quantitative estimate of drug-likeness (QED) is 0.354. The first-order valence-corrected chi connectivity index (χ1v) is 3.05. The van der Waals surface area contributed by atoms with Crippen LogP contribution in [-0.4, -0.2) is 32.3 Å². The van der Waals surface area contributed by atoms with Gasteiger partial charge in [0.1, 0.15) is 13.3 Å². The fraction of sp³-hybridized carbons (Fsp3) is 0.400. The summed E-state index contributed by atoms with van der Waals surface area (Å²) in [6, 6.07) is -0.519. The Morgan fingerprint density at radius 2 is 2.08 bits per heavy atom. The molecule has 0 saturated heterocycles. The third-order valence-corrected chi connectivity index (χ3v) is 0.802. The number of hydrazine groups is 1. The van der Waals surface area contributed by atoms with Crippen molar-refractivity contribution in [2.24, 2.45) is 5.16 Å². The van der Waals surface area contributed by atoms with Crippen molar-refractivity contribution in [3.05, 3.63) is 0 Å². The predicted molar refractivity (Wildman–Crippen MR) is 41.2 cm³/mol. The van der Waals surface area contributed by atoms with Crippen molar-refractivity contribution in [1.82, 2.24) is 16.2 Å². The zero-order chi connectivity index (χ0) is 9.40. The van der Waals surface area contributed by atoms with Gasteiger partial charge in [0.2, 0.25) is 0 Å². The fourth-order valence-corrected chi connectivity index (χ4v) is 0.314. The maximum absolute atomic E-state index is 10.6. The lowest BCUT2D eigenvalue weighted by atomic mass is 10.7. The van der Waals surface area contributed by atoms with Gasteiger partial charge in [0.25, 0.3) is 5.91 Å². The van der Waals surface area contributed by atoms with Gasteiger partial charge in [-0.1, -0.05) is 5.16 Å². The number of rotatable bonds is 2. The lowest BCUT2D eigenvalue weighted by Crippen LogP contribution is -2.46. The Balaban J connectivity index is 3.57. The van der Waals surface area contributed by atoms with Gasteiger partial charge in [-0.3, -0.25) is 10.2 Å². The minimum Gasteiger partial charge on any atom is -0.399 e. The number of carbonyl (C=O) groups is 2. The van der Waals surface area contributed by atoms with E-state index in [9.17, 15) is 9.59 Å². The van der Waals surface area contributed by atoms with Crippen molar-refractivity contribution in [3.8, 4) is 0 Å². The highest BCUT2D eigenvalue weighted by atomic mass is 16.6. The molecule has 0 atom stereocenters. The largest absolute Gasteiger partial charge is 0.399 e. The van der Waals surface area contributed by atoms with Crippen LogP contribution in [-0.2, 0) is 9.63 Å². The number of urea groups is 1. The van der Waals surface area contributed by atoms with Crippen molar-refractivity contribution in [3.63, 3.8) is 0 Å². The number of carbonyl (C=O) groups excluding carboxylic acids is 2. The highest BCUT2D eigenvalue weighted by Gasteiger charge is 1.97. The molecule has 0 aliphatic rings. The van der Waals surface area contributed by atoms with Gasteiger partial charge >= 0.3 is 6.03 Å². The number of nitrogens with one attached hydrogen (secondary N) is 3. The molecule has 0 aliphatic heterocycles. The predicted octanol–water partition coefficient (Wildman–Crippen LogP) is -1.42. The lowest BCUT2D eigenvalue weighted by Gasteiger charge is -2.02. The fourth-order valence-electron chi connectivity index (χ4n) is 0.314. The Hall–Kier alpha value is -1.79. The zero-order valence-electron chi connectivity index (χ0n) is 6.75. The average molecular weight is 174 g/mol. The molecule has 0 spiro atoms. The summed E-state index contributed by atoms with van der Waals surface area (Å²) >= 11 is 0. The van der Waals surface area contributed by atoms with E-state index in [0.717, 1.165) is 6.21 Å². The normalized spacial score (nSPS) is 9.17. The van der Waals surface area contributed by atoms with Crippen LogP contribution in [0.4, 0.5) is 4.79 Å². The summed E-state index contributed by atoms with van der Waals surface area (Å²) in [5, 5.41) is 5.40. The lowest BCUT2D eigenvalue weighted by molar-refractivity contribution is -0.115. The van der Waals surface area contributed by atoms with Crippen LogP contribution in [0.5, 0.6) is 0 Å². The first kappa shape index (κ1) is 10.2. The van der Waals surface area contributed by atoms with Crippen LogP contribution in [0.1, 0.15) is 0 Å². The van der Waals surface area contributed by atoms with E-state index < -0.39 is 11.9 Å². The van der Waals surface area contributed by atoms with Crippen molar-refractivity contribution in [1.29, 1.82) is 0 Å². The molecule has 0 rings (SSSR count). The van der Waals surface area contributed by atoms with E-state index in [1.165, 1.54) is 14.2 Å². The maximum atomic E-state index is 10.6. The minimum atomic E-state index is -0.583. The molecule has 3 amide bonds. The Kier molecular flexibility index (Phi) is 5.07. The van der Waals surface area contributed by atoms with Gasteiger partial charge in [-0.25, -0.2) is 10.2 Å². The smallest absolute Gasteiger partial charge is 0.333 e. The number of oxime groups is 1. The van der Waals surface area contributed by atoms with Crippen molar-refractivity contribution < 1.29 is 14.4 Å². The Morgan fingerprint density at radius 1 is 1.42 bits per heavy atom. The SMILES string of the molecule is CNC(=O)NNC(=O)/C=N/OC. The minimum absolute atomic E-state index is 0.519. The molecule has 0 aromatic rings. The van der Waals surface area contributed by atoms with Crippen molar-refractivity contribution in [2.75, 3.05) is 14.2 Å². The van der Waals surface area contributed by atoms with Crippen LogP contribution >= 0.6 is 0 Å². The summed E-state index contributed by atoms with van der Waals surface area (Å²) in [6.07, 6.45) is 0.885. The first-order chi connectivity index (χ1) is 5.70. The van der Waals surface area contributed by atoms with Crippen LogP contribution in [0.3, 0.4) is 0 Å². The molecule has 7 nitrogen and oxygen atoms in total. The standard InChI is InChI=1S/C5H10N4O3/c1-6-5(11)9-8-4(10)3-7-12-2/h3H,1-2H3,(H,8,10)(H2,6,9,11)/b7-3+. The molecule has 0 aromatic heterocycles. The number of hydrogen-bond acceptors (Lipinski definition) is 4. The molecular formula is C5H10N4O3. The molecule has 0 radical (unpaired) electrons. The third-order valence-electron chi connectivity index (χ3n) is 0.802. The molecule has 0 aliphatic carbocycles. The van der Waals surface area contributed by atoms with Gasteiger partial charge in [0.05, 0.1) is 0 Å². The van der Waals surface area contributed by atoms with Crippen molar-refractivity contribution in [2.45, 2.75) is 0 Å². The molecular weight excluding hydrogens is 164 g/mol. The van der Waals surface area contributed by atoms with E-state index in [1.54, 1.807) is 0 Å².